The Bertz CT molecular complexity index is 818. The van der Waals surface area contributed by atoms with Crippen LogP contribution < -0.4 is 11.1 Å². The van der Waals surface area contributed by atoms with Gasteiger partial charge in [0.2, 0.25) is 0 Å². The predicted octanol–water partition coefficient (Wildman–Crippen LogP) is 5.13. The molecule has 4 nitrogen and oxygen atoms in total. The number of hydrogen-bond donors (Lipinski definition) is 3. The van der Waals surface area contributed by atoms with Gasteiger partial charge in [0.25, 0.3) is 0 Å². The molecule has 0 saturated carbocycles. The molecule has 0 radical (unpaired) electrons. The highest BCUT2D eigenvalue weighted by molar-refractivity contribution is 14.0. The lowest BCUT2D eigenvalue weighted by molar-refractivity contribution is 0.600. The third kappa shape index (κ3) is 3.70. The number of anilines is 2. The average Bonchev–Trinajstić information content (AvgIpc) is 2.56. The van der Waals surface area contributed by atoms with Gasteiger partial charge >= 0.3 is 0 Å². The van der Waals surface area contributed by atoms with E-state index in [0.717, 1.165) is 36.1 Å². The van der Waals surface area contributed by atoms with Crippen LogP contribution in [0.1, 0.15) is 50.9 Å². The SMILES string of the molecule is CC(=N)c1cc(N[C@@H]2CCCc3cc(C#N)ccc32)ccc1N.I.[HH].[HH]. The van der Waals surface area contributed by atoms with Gasteiger partial charge in [-0.2, -0.15) is 5.26 Å². The molecule has 5 heteroatoms. The molecule has 1 atom stereocenters. The predicted molar refractivity (Wildman–Crippen MR) is 113 cm³/mol. The van der Waals surface area contributed by atoms with E-state index in [1.54, 1.807) is 6.92 Å². The van der Waals surface area contributed by atoms with Crippen LogP contribution >= 0.6 is 24.0 Å². The normalized spacial score (nSPS) is 15.6. The number of hydrogen-bond acceptors (Lipinski definition) is 4. The minimum atomic E-state index is 0. The van der Waals surface area contributed by atoms with Gasteiger partial charge in [-0.3, -0.25) is 0 Å². The monoisotopic (exact) mass is 436 g/mol. The van der Waals surface area contributed by atoms with Gasteiger partial charge in [0.1, 0.15) is 0 Å². The maximum absolute atomic E-state index is 9.05. The van der Waals surface area contributed by atoms with E-state index in [4.69, 9.17) is 16.4 Å². The second kappa shape index (κ2) is 7.67. The number of halogens is 1. The molecule has 0 spiro atoms. The average molecular weight is 436 g/mol. The van der Waals surface area contributed by atoms with Crippen LogP contribution in [0, 0.1) is 16.7 Å². The molecule has 0 aliphatic heterocycles. The summed E-state index contributed by atoms with van der Waals surface area (Å²) in [6.45, 7) is 1.74. The van der Waals surface area contributed by atoms with Crippen LogP contribution in [0.15, 0.2) is 36.4 Å². The number of fused-ring (bicyclic) bond motifs is 1. The molecule has 0 saturated heterocycles. The number of nitrogen functional groups attached to an aromatic ring is 1. The molecule has 0 amide bonds. The summed E-state index contributed by atoms with van der Waals surface area (Å²) in [7, 11) is 0. The lowest BCUT2D eigenvalue weighted by Gasteiger charge is -2.27. The van der Waals surface area contributed by atoms with Crippen molar-refractivity contribution in [2.45, 2.75) is 32.2 Å². The summed E-state index contributed by atoms with van der Waals surface area (Å²) in [5, 5.41) is 20.4. The Hall–Kier alpha value is -2.07. The Morgan fingerprint density at radius 2 is 2.12 bits per heavy atom. The minimum Gasteiger partial charge on any atom is -0.398 e. The molecule has 128 valence electrons. The fourth-order valence-electron chi connectivity index (χ4n) is 3.21. The van der Waals surface area contributed by atoms with Crippen LogP contribution in [0.5, 0.6) is 0 Å². The Balaban J connectivity index is 0.00000208. The first-order valence-electron chi connectivity index (χ1n) is 7.83. The highest BCUT2D eigenvalue weighted by atomic mass is 127. The van der Waals surface area contributed by atoms with Crippen molar-refractivity contribution in [2.24, 2.45) is 0 Å². The summed E-state index contributed by atoms with van der Waals surface area (Å²) >= 11 is 0. The highest BCUT2D eigenvalue weighted by Crippen LogP contribution is 2.33. The molecule has 2 aromatic carbocycles. The van der Waals surface area contributed by atoms with Crippen LogP contribution in [0.25, 0.3) is 0 Å². The number of aryl methyl sites for hydroxylation is 1. The first-order valence-corrected chi connectivity index (χ1v) is 7.83. The Labute approximate surface area is 162 Å². The van der Waals surface area contributed by atoms with Crippen molar-refractivity contribution in [3.63, 3.8) is 0 Å². The maximum atomic E-state index is 9.05. The molecule has 3 rings (SSSR count). The quantitative estimate of drug-likeness (QED) is 0.354. The van der Waals surface area contributed by atoms with E-state index in [-0.39, 0.29) is 32.9 Å². The van der Waals surface area contributed by atoms with E-state index in [0.29, 0.717) is 11.4 Å². The molecule has 1 aliphatic rings. The molecule has 0 heterocycles. The highest BCUT2D eigenvalue weighted by Gasteiger charge is 2.20. The number of nitrogens with zero attached hydrogens (tertiary/aromatic N) is 1. The van der Waals surface area contributed by atoms with Crippen LogP contribution in [0.3, 0.4) is 0 Å². The van der Waals surface area contributed by atoms with E-state index < -0.39 is 0 Å². The summed E-state index contributed by atoms with van der Waals surface area (Å²) in [4.78, 5) is 0. The first-order chi connectivity index (χ1) is 11.1. The standard InChI is InChI=1S/C19H20N4.HI.2H2/c1-12(21)17-10-15(6-8-18(17)22)23-19-4-2-3-14-9-13(11-20)5-7-16(14)19;;;/h5-10,19,21,23H,2-4,22H2,1H3;3*1H/t19-;;;/m1.../s1. The van der Waals surface area contributed by atoms with Gasteiger partial charge in [0.15, 0.2) is 0 Å². The van der Waals surface area contributed by atoms with Crippen LogP contribution in [0.4, 0.5) is 11.4 Å². The number of nitrogens with one attached hydrogen (secondary N) is 2. The molecule has 2 aromatic rings. The molecular weight excluding hydrogens is 411 g/mol. The van der Waals surface area contributed by atoms with Crippen molar-refractivity contribution in [1.29, 1.82) is 10.7 Å². The van der Waals surface area contributed by atoms with Gasteiger partial charge in [-0.1, -0.05) is 6.07 Å². The van der Waals surface area contributed by atoms with Gasteiger partial charge in [0.05, 0.1) is 17.7 Å². The summed E-state index contributed by atoms with van der Waals surface area (Å²) in [5.74, 6) is 0. The van der Waals surface area contributed by atoms with Crippen LogP contribution in [0.2, 0.25) is 0 Å². The third-order valence-electron chi connectivity index (χ3n) is 4.38. The largest absolute Gasteiger partial charge is 0.398 e. The van der Waals surface area contributed by atoms with Crippen molar-refractivity contribution >= 4 is 41.1 Å². The second-order valence-corrected chi connectivity index (χ2v) is 6.04. The fourth-order valence-corrected chi connectivity index (χ4v) is 3.21. The topological polar surface area (TPSA) is 85.7 Å². The van der Waals surface area contributed by atoms with Crippen molar-refractivity contribution in [3.8, 4) is 6.07 Å². The summed E-state index contributed by atoms with van der Waals surface area (Å²) in [6.07, 6.45) is 3.18. The molecule has 0 unspecified atom stereocenters. The van der Waals surface area contributed by atoms with Crippen molar-refractivity contribution in [3.05, 3.63) is 58.7 Å². The van der Waals surface area contributed by atoms with E-state index in [9.17, 15) is 0 Å². The third-order valence-corrected chi connectivity index (χ3v) is 4.38. The molecule has 1 aliphatic carbocycles. The molecule has 0 bridgehead atoms. The lowest BCUT2D eigenvalue weighted by Crippen LogP contribution is -2.17. The lowest BCUT2D eigenvalue weighted by atomic mass is 9.86. The summed E-state index contributed by atoms with van der Waals surface area (Å²) in [6, 6.07) is 14.1. The zero-order chi connectivity index (χ0) is 16.4. The van der Waals surface area contributed by atoms with Gasteiger partial charge in [0, 0.05) is 25.5 Å². The second-order valence-electron chi connectivity index (χ2n) is 6.04. The smallest absolute Gasteiger partial charge is 0.0991 e. The van der Waals surface area contributed by atoms with E-state index >= 15 is 0 Å². The van der Waals surface area contributed by atoms with Gasteiger partial charge < -0.3 is 16.5 Å². The van der Waals surface area contributed by atoms with Crippen LogP contribution in [-0.4, -0.2) is 5.71 Å². The Morgan fingerprint density at radius 3 is 2.83 bits per heavy atom. The van der Waals surface area contributed by atoms with Crippen molar-refractivity contribution < 1.29 is 2.85 Å². The summed E-state index contributed by atoms with van der Waals surface area (Å²) in [5.41, 5.74) is 12.0. The molecule has 0 fully saturated rings. The molecule has 0 aromatic heterocycles. The Kier molecular flexibility index (Phi) is 5.84. The summed E-state index contributed by atoms with van der Waals surface area (Å²) < 4.78 is 0. The van der Waals surface area contributed by atoms with E-state index in [2.05, 4.69) is 17.5 Å². The number of nitriles is 1. The number of nitrogens with two attached hydrogens (primary N) is 1. The first kappa shape index (κ1) is 18.3. The molecular formula is C19H25IN4. The number of rotatable bonds is 3. The minimum absolute atomic E-state index is 0. The number of benzene rings is 2. The molecule has 24 heavy (non-hydrogen) atoms. The fraction of sp³-hybridized carbons (Fsp3) is 0.263. The van der Waals surface area contributed by atoms with Crippen LogP contribution in [-0.2, 0) is 6.42 Å². The van der Waals surface area contributed by atoms with Gasteiger partial charge in [-0.05, 0) is 67.6 Å². The zero-order valence-corrected chi connectivity index (χ0v) is 15.9. The van der Waals surface area contributed by atoms with Gasteiger partial charge in [-0.15, -0.1) is 24.0 Å². The van der Waals surface area contributed by atoms with E-state index in [1.807, 2.05) is 30.3 Å². The maximum Gasteiger partial charge on any atom is 0.0991 e. The Morgan fingerprint density at radius 1 is 1.33 bits per heavy atom. The zero-order valence-electron chi connectivity index (χ0n) is 13.6. The van der Waals surface area contributed by atoms with Crippen molar-refractivity contribution in [1.82, 2.24) is 0 Å². The van der Waals surface area contributed by atoms with Crippen molar-refractivity contribution in [2.75, 3.05) is 11.1 Å². The molecule has 4 N–H and O–H groups in total. The van der Waals surface area contributed by atoms with E-state index in [1.165, 1.54) is 11.1 Å². The van der Waals surface area contributed by atoms with Gasteiger partial charge in [-0.25, -0.2) is 0 Å².